The number of rotatable bonds is 15. The summed E-state index contributed by atoms with van der Waals surface area (Å²) in [6.07, 6.45) is 7.78. The quantitative estimate of drug-likeness (QED) is 0.133. The molecule has 0 unspecified atom stereocenters. The van der Waals surface area contributed by atoms with Crippen LogP contribution in [0.25, 0.3) is 22.3 Å². The zero-order valence-electron chi connectivity index (χ0n) is 23.5. The van der Waals surface area contributed by atoms with Gasteiger partial charge in [-0.05, 0) is 72.4 Å². The highest BCUT2D eigenvalue weighted by Crippen LogP contribution is 2.41. The third-order valence-corrected chi connectivity index (χ3v) is 7.45. The number of carboxylic acid groups (broad SMARTS) is 1. The van der Waals surface area contributed by atoms with Gasteiger partial charge in [-0.15, -0.1) is 0 Å². The molecule has 0 saturated heterocycles. The van der Waals surface area contributed by atoms with Gasteiger partial charge in [-0.25, -0.2) is 4.79 Å². The molecule has 0 fully saturated rings. The number of carbonyl (C=O) groups is 2. The highest BCUT2D eigenvalue weighted by Gasteiger charge is 2.20. The summed E-state index contributed by atoms with van der Waals surface area (Å²) in [5.74, 6) is -0.984. The fourth-order valence-corrected chi connectivity index (χ4v) is 5.28. The van der Waals surface area contributed by atoms with Crippen molar-refractivity contribution < 1.29 is 19.4 Å². The molecule has 0 aliphatic rings. The first-order valence-corrected chi connectivity index (χ1v) is 15.0. The van der Waals surface area contributed by atoms with Crippen molar-refractivity contribution in [2.75, 3.05) is 13.2 Å². The number of hydrogen-bond acceptors (Lipinski definition) is 3. The van der Waals surface area contributed by atoms with Gasteiger partial charge < -0.3 is 15.2 Å². The number of halogens is 2. The Morgan fingerprint density at radius 2 is 1.26 bits per heavy atom. The largest absolute Gasteiger partial charge is 0.481 e. The first kappa shape index (κ1) is 31.1. The Balaban J connectivity index is 1.44. The Morgan fingerprint density at radius 3 is 1.83 bits per heavy atom. The summed E-state index contributed by atoms with van der Waals surface area (Å²) in [5.41, 5.74) is 4.36. The molecule has 5 nitrogen and oxygen atoms in total. The lowest BCUT2D eigenvalue weighted by atomic mass is 9.94. The Bertz CT molecular complexity index is 1420. The molecule has 0 bridgehead atoms. The molecule has 7 heteroatoms. The highest BCUT2D eigenvalue weighted by molar-refractivity contribution is 6.31. The first-order chi connectivity index (χ1) is 20.4. The van der Waals surface area contributed by atoms with Crippen LogP contribution in [0.4, 0.5) is 0 Å². The molecule has 42 heavy (non-hydrogen) atoms. The molecule has 0 aliphatic carbocycles. The maximum atomic E-state index is 13.3. The summed E-state index contributed by atoms with van der Waals surface area (Å²) >= 11 is 12.6. The van der Waals surface area contributed by atoms with E-state index >= 15 is 0 Å². The molecule has 4 rings (SSSR count). The molecule has 0 heterocycles. The molecule has 2 N–H and O–H groups in total. The van der Waals surface area contributed by atoms with Crippen LogP contribution in [-0.4, -0.2) is 30.1 Å². The zero-order valence-corrected chi connectivity index (χ0v) is 25.0. The van der Waals surface area contributed by atoms with Crippen LogP contribution in [0.3, 0.4) is 0 Å². The summed E-state index contributed by atoms with van der Waals surface area (Å²) < 4.78 is 5.81. The van der Waals surface area contributed by atoms with E-state index in [0.717, 1.165) is 25.7 Å². The van der Waals surface area contributed by atoms with Crippen molar-refractivity contribution >= 4 is 35.1 Å². The second-order valence-corrected chi connectivity index (χ2v) is 11.1. The average molecular weight is 605 g/mol. The van der Waals surface area contributed by atoms with Crippen LogP contribution >= 0.6 is 23.2 Å². The van der Waals surface area contributed by atoms with Crippen molar-refractivity contribution in [3.05, 3.63) is 112 Å². The molecule has 4 aromatic rings. The van der Waals surface area contributed by atoms with Crippen molar-refractivity contribution in [2.45, 2.75) is 44.9 Å². The molecule has 218 valence electrons. The van der Waals surface area contributed by atoms with E-state index < -0.39 is 12.6 Å². The lowest BCUT2D eigenvalue weighted by Crippen LogP contribution is -2.24. The van der Waals surface area contributed by atoms with E-state index in [2.05, 4.69) is 29.6 Å². The topological polar surface area (TPSA) is 75.6 Å². The fourth-order valence-electron chi connectivity index (χ4n) is 4.90. The van der Waals surface area contributed by atoms with Gasteiger partial charge in [0.2, 0.25) is 0 Å². The molecular formula is C35H35Cl2NO4. The fraction of sp³-hybridized carbons (Fsp3) is 0.257. The molecule has 1 amide bonds. The van der Waals surface area contributed by atoms with Crippen LogP contribution in [0.2, 0.25) is 10.0 Å². The minimum absolute atomic E-state index is 0.214. The van der Waals surface area contributed by atoms with Gasteiger partial charge in [-0.3, -0.25) is 4.79 Å². The van der Waals surface area contributed by atoms with E-state index in [1.54, 1.807) is 48.5 Å². The van der Waals surface area contributed by atoms with Crippen LogP contribution in [0.15, 0.2) is 91.0 Å². The average Bonchev–Trinajstić information content (AvgIpc) is 2.99. The Kier molecular flexibility index (Phi) is 11.9. The van der Waals surface area contributed by atoms with Crippen molar-refractivity contribution in [3.8, 4) is 28.0 Å². The highest BCUT2D eigenvalue weighted by atomic mass is 35.5. The maximum absolute atomic E-state index is 13.3. The van der Waals surface area contributed by atoms with Gasteiger partial charge in [0.05, 0.1) is 0 Å². The van der Waals surface area contributed by atoms with E-state index in [4.69, 9.17) is 27.9 Å². The number of unbranched alkanes of at least 4 members (excludes halogenated alkanes) is 5. The number of carbonyl (C=O) groups excluding carboxylic acids is 1. The van der Waals surface area contributed by atoms with E-state index in [1.807, 2.05) is 18.2 Å². The normalized spacial score (nSPS) is 10.8. The van der Waals surface area contributed by atoms with E-state index in [9.17, 15) is 14.7 Å². The maximum Gasteiger partial charge on any atom is 0.341 e. The number of benzene rings is 4. The lowest BCUT2D eigenvalue weighted by Gasteiger charge is -2.18. The number of carboxylic acids is 1. The zero-order chi connectivity index (χ0) is 29.7. The molecule has 0 aromatic heterocycles. The molecular weight excluding hydrogens is 569 g/mol. The number of ether oxygens (including phenoxy) is 1. The molecule has 0 radical (unpaired) electrons. The number of amides is 1. The third kappa shape index (κ3) is 9.37. The van der Waals surface area contributed by atoms with Crippen LogP contribution in [0.1, 0.15) is 54.4 Å². The number of aryl methyl sites for hydroxylation is 1. The van der Waals surface area contributed by atoms with Crippen LogP contribution < -0.4 is 10.1 Å². The van der Waals surface area contributed by atoms with Crippen LogP contribution in [0, 0.1) is 0 Å². The van der Waals surface area contributed by atoms with E-state index in [0.29, 0.717) is 50.2 Å². The standard InChI is InChI=1S/C35H35Cl2NO4/c36-29-17-10-15-26(20-29)31-22-28(23-32(34(31)42-24-33(39)40)27-16-11-18-30(37)21-27)35(41)38-19-9-4-2-1-3-6-12-25-13-7-5-8-14-25/h5,7-8,10-11,13-18,20-23H,1-4,6,9,12,19,24H2,(H,38,41)(H,39,40). The van der Waals surface area contributed by atoms with Gasteiger partial charge in [-0.2, -0.15) is 0 Å². The van der Waals surface area contributed by atoms with Gasteiger partial charge >= 0.3 is 5.97 Å². The monoisotopic (exact) mass is 603 g/mol. The predicted molar refractivity (Wildman–Crippen MR) is 171 cm³/mol. The van der Waals surface area contributed by atoms with Crippen molar-refractivity contribution in [1.29, 1.82) is 0 Å². The number of nitrogens with one attached hydrogen (secondary N) is 1. The van der Waals surface area contributed by atoms with Gasteiger partial charge in [-0.1, -0.05) is 103 Å². The van der Waals surface area contributed by atoms with Crippen LogP contribution in [-0.2, 0) is 11.2 Å². The molecule has 0 atom stereocenters. The Morgan fingerprint density at radius 1 is 0.690 bits per heavy atom. The summed E-state index contributed by atoms with van der Waals surface area (Å²) in [5, 5.41) is 13.4. The van der Waals surface area contributed by atoms with Gasteiger partial charge in [0.15, 0.2) is 6.61 Å². The van der Waals surface area contributed by atoms with Crippen molar-refractivity contribution in [2.24, 2.45) is 0 Å². The summed E-state index contributed by atoms with van der Waals surface area (Å²) in [4.78, 5) is 24.8. The Labute approximate surface area is 257 Å². The molecule has 0 aliphatic heterocycles. The summed E-state index contributed by atoms with van der Waals surface area (Å²) in [6, 6.07) is 28.3. The van der Waals surface area contributed by atoms with Gasteiger partial charge in [0, 0.05) is 33.3 Å². The van der Waals surface area contributed by atoms with E-state index in [-0.39, 0.29) is 5.91 Å². The Hall–Kier alpha value is -3.80. The number of hydrogen-bond donors (Lipinski definition) is 2. The minimum Gasteiger partial charge on any atom is -0.481 e. The van der Waals surface area contributed by atoms with Crippen molar-refractivity contribution in [1.82, 2.24) is 5.32 Å². The van der Waals surface area contributed by atoms with Crippen molar-refractivity contribution in [3.63, 3.8) is 0 Å². The summed E-state index contributed by atoms with van der Waals surface area (Å²) in [7, 11) is 0. The molecule has 0 spiro atoms. The summed E-state index contributed by atoms with van der Waals surface area (Å²) in [6.45, 7) is 0.0258. The minimum atomic E-state index is -1.11. The second kappa shape index (κ2) is 16.0. The second-order valence-electron chi connectivity index (χ2n) is 10.2. The lowest BCUT2D eigenvalue weighted by molar-refractivity contribution is -0.139. The predicted octanol–water partition coefficient (Wildman–Crippen LogP) is 9.10. The van der Waals surface area contributed by atoms with Gasteiger partial charge in [0.25, 0.3) is 5.91 Å². The first-order valence-electron chi connectivity index (χ1n) is 14.3. The number of aliphatic carboxylic acids is 1. The van der Waals surface area contributed by atoms with Crippen LogP contribution in [0.5, 0.6) is 5.75 Å². The third-order valence-electron chi connectivity index (χ3n) is 6.98. The van der Waals surface area contributed by atoms with Gasteiger partial charge in [0.1, 0.15) is 5.75 Å². The van der Waals surface area contributed by atoms with E-state index in [1.165, 1.54) is 24.8 Å². The molecule has 4 aromatic carbocycles. The SMILES string of the molecule is O=C(O)COc1c(-c2cccc(Cl)c2)cc(C(=O)NCCCCCCCCc2ccccc2)cc1-c1cccc(Cl)c1. The smallest absolute Gasteiger partial charge is 0.341 e. The molecule has 0 saturated carbocycles.